The SMILES string of the molecule is COc1ccc(CNC(=O)COc2ccccc2Cl)cn1. The van der Waals surface area contributed by atoms with Crippen molar-refractivity contribution >= 4 is 17.5 Å². The number of benzene rings is 1. The summed E-state index contributed by atoms with van der Waals surface area (Å²) in [6.45, 7) is 0.287. The van der Waals surface area contributed by atoms with Gasteiger partial charge in [0.2, 0.25) is 5.88 Å². The highest BCUT2D eigenvalue weighted by atomic mass is 35.5. The molecule has 2 aromatic rings. The maximum Gasteiger partial charge on any atom is 0.258 e. The average molecular weight is 307 g/mol. The molecule has 110 valence electrons. The number of methoxy groups -OCH3 is 1. The number of amides is 1. The van der Waals surface area contributed by atoms with Crippen LogP contribution in [0.2, 0.25) is 5.02 Å². The highest BCUT2D eigenvalue weighted by Crippen LogP contribution is 2.22. The van der Waals surface area contributed by atoms with Gasteiger partial charge in [0.15, 0.2) is 6.61 Å². The molecule has 0 fully saturated rings. The highest BCUT2D eigenvalue weighted by molar-refractivity contribution is 6.32. The Balaban J connectivity index is 1.78. The van der Waals surface area contributed by atoms with E-state index in [2.05, 4.69) is 10.3 Å². The molecule has 0 bridgehead atoms. The number of hydrogen-bond donors (Lipinski definition) is 1. The first-order chi connectivity index (χ1) is 10.2. The Labute approximate surface area is 127 Å². The topological polar surface area (TPSA) is 60.5 Å². The van der Waals surface area contributed by atoms with Crippen molar-refractivity contribution in [1.29, 1.82) is 0 Å². The van der Waals surface area contributed by atoms with Gasteiger partial charge >= 0.3 is 0 Å². The van der Waals surface area contributed by atoms with E-state index in [0.717, 1.165) is 5.56 Å². The number of rotatable bonds is 6. The second-order valence-electron chi connectivity index (χ2n) is 4.20. The fourth-order valence-electron chi connectivity index (χ4n) is 1.59. The number of hydrogen-bond acceptors (Lipinski definition) is 4. The summed E-state index contributed by atoms with van der Waals surface area (Å²) in [6.07, 6.45) is 1.65. The fraction of sp³-hybridized carbons (Fsp3) is 0.200. The van der Waals surface area contributed by atoms with Gasteiger partial charge in [0, 0.05) is 18.8 Å². The quantitative estimate of drug-likeness (QED) is 0.890. The smallest absolute Gasteiger partial charge is 0.258 e. The third-order valence-corrected chi connectivity index (χ3v) is 3.00. The Morgan fingerprint density at radius 1 is 1.29 bits per heavy atom. The van der Waals surface area contributed by atoms with Crippen LogP contribution < -0.4 is 14.8 Å². The van der Waals surface area contributed by atoms with Gasteiger partial charge < -0.3 is 14.8 Å². The molecule has 6 heteroatoms. The van der Waals surface area contributed by atoms with E-state index in [9.17, 15) is 4.79 Å². The maximum atomic E-state index is 11.7. The van der Waals surface area contributed by atoms with Crippen LogP contribution in [-0.4, -0.2) is 24.6 Å². The average Bonchev–Trinajstić information content (AvgIpc) is 2.52. The van der Waals surface area contributed by atoms with Crippen LogP contribution in [0.1, 0.15) is 5.56 Å². The number of nitrogens with one attached hydrogen (secondary N) is 1. The molecule has 1 amide bonds. The largest absolute Gasteiger partial charge is 0.482 e. The van der Waals surface area contributed by atoms with Crippen LogP contribution in [0.15, 0.2) is 42.6 Å². The molecular formula is C15H15ClN2O3. The second kappa shape index (κ2) is 7.50. The van der Waals surface area contributed by atoms with Crippen LogP contribution in [0.3, 0.4) is 0 Å². The van der Waals surface area contributed by atoms with Crippen LogP contribution in [0.25, 0.3) is 0 Å². The van der Waals surface area contributed by atoms with Gasteiger partial charge in [0.25, 0.3) is 5.91 Å². The lowest BCUT2D eigenvalue weighted by molar-refractivity contribution is -0.123. The summed E-state index contributed by atoms with van der Waals surface area (Å²) < 4.78 is 10.3. The molecular weight excluding hydrogens is 292 g/mol. The number of ether oxygens (including phenoxy) is 2. The van der Waals surface area contributed by atoms with E-state index in [1.165, 1.54) is 0 Å². The Morgan fingerprint density at radius 3 is 2.76 bits per heavy atom. The number of halogens is 1. The van der Waals surface area contributed by atoms with Gasteiger partial charge in [0.1, 0.15) is 5.75 Å². The Kier molecular flexibility index (Phi) is 5.40. The van der Waals surface area contributed by atoms with E-state index < -0.39 is 0 Å². The molecule has 0 unspecified atom stereocenters. The third kappa shape index (κ3) is 4.65. The number of carbonyl (C=O) groups is 1. The van der Waals surface area contributed by atoms with Gasteiger partial charge in [-0.2, -0.15) is 0 Å². The molecule has 0 saturated heterocycles. The molecule has 5 nitrogen and oxygen atoms in total. The summed E-state index contributed by atoms with van der Waals surface area (Å²) in [5, 5.41) is 3.21. The Bertz CT molecular complexity index is 602. The second-order valence-corrected chi connectivity index (χ2v) is 4.61. The van der Waals surface area contributed by atoms with E-state index in [1.54, 1.807) is 43.6 Å². The van der Waals surface area contributed by atoms with Crippen molar-refractivity contribution < 1.29 is 14.3 Å². The zero-order chi connectivity index (χ0) is 15.1. The van der Waals surface area contributed by atoms with Crippen LogP contribution in [-0.2, 0) is 11.3 Å². The van der Waals surface area contributed by atoms with Crippen molar-refractivity contribution in [3.8, 4) is 11.6 Å². The maximum absolute atomic E-state index is 11.7. The number of para-hydroxylation sites is 1. The summed E-state index contributed by atoms with van der Waals surface area (Å²) in [4.78, 5) is 15.8. The molecule has 1 N–H and O–H groups in total. The summed E-state index contributed by atoms with van der Waals surface area (Å²) in [7, 11) is 1.55. The summed E-state index contributed by atoms with van der Waals surface area (Å²) in [6, 6.07) is 10.6. The number of carbonyl (C=O) groups excluding carboxylic acids is 1. The lowest BCUT2D eigenvalue weighted by Crippen LogP contribution is -2.28. The van der Waals surface area contributed by atoms with Crippen LogP contribution in [0, 0.1) is 0 Å². The van der Waals surface area contributed by atoms with Crippen molar-refractivity contribution in [3.05, 3.63) is 53.2 Å². The summed E-state index contributed by atoms with van der Waals surface area (Å²) in [5.74, 6) is 0.790. The van der Waals surface area contributed by atoms with Gasteiger partial charge in [-0.1, -0.05) is 29.8 Å². The molecule has 1 heterocycles. The standard InChI is InChI=1S/C15H15ClN2O3/c1-20-15-7-6-11(9-18-15)8-17-14(19)10-21-13-5-3-2-4-12(13)16/h2-7,9H,8,10H2,1H3,(H,17,19). The Hall–Kier alpha value is -2.27. The summed E-state index contributed by atoms with van der Waals surface area (Å²) >= 11 is 5.93. The van der Waals surface area contributed by atoms with E-state index in [0.29, 0.717) is 23.2 Å². The first-order valence-electron chi connectivity index (χ1n) is 6.32. The number of pyridine rings is 1. The highest BCUT2D eigenvalue weighted by Gasteiger charge is 2.05. The van der Waals surface area contributed by atoms with Gasteiger partial charge in [-0.05, 0) is 17.7 Å². The lowest BCUT2D eigenvalue weighted by Gasteiger charge is -2.08. The van der Waals surface area contributed by atoms with Crippen molar-refractivity contribution in [2.45, 2.75) is 6.54 Å². The first kappa shape index (κ1) is 15.1. The van der Waals surface area contributed by atoms with Gasteiger partial charge in [-0.25, -0.2) is 4.98 Å². The van der Waals surface area contributed by atoms with Gasteiger partial charge in [0.05, 0.1) is 12.1 Å². The van der Waals surface area contributed by atoms with Crippen molar-refractivity contribution in [2.24, 2.45) is 0 Å². The van der Waals surface area contributed by atoms with Crippen molar-refractivity contribution in [3.63, 3.8) is 0 Å². The Morgan fingerprint density at radius 2 is 2.10 bits per heavy atom. The molecule has 0 radical (unpaired) electrons. The van der Waals surface area contributed by atoms with E-state index >= 15 is 0 Å². The lowest BCUT2D eigenvalue weighted by atomic mass is 10.3. The molecule has 0 aliphatic carbocycles. The molecule has 0 spiro atoms. The van der Waals surface area contributed by atoms with Crippen LogP contribution >= 0.6 is 11.6 Å². The van der Waals surface area contributed by atoms with Crippen molar-refractivity contribution in [2.75, 3.05) is 13.7 Å². The van der Waals surface area contributed by atoms with Gasteiger partial charge in [-0.15, -0.1) is 0 Å². The molecule has 1 aromatic heterocycles. The zero-order valence-electron chi connectivity index (χ0n) is 11.5. The normalized spacial score (nSPS) is 10.0. The molecule has 21 heavy (non-hydrogen) atoms. The number of aromatic nitrogens is 1. The molecule has 1 aromatic carbocycles. The molecule has 0 atom stereocenters. The zero-order valence-corrected chi connectivity index (χ0v) is 12.3. The summed E-state index contributed by atoms with van der Waals surface area (Å²) in [5.41, 5.74) is 0.877. The minimum absolute atomic E-state index is 0.0900. The third-order valence-electron chi connectivity index (χ3n) is 2.69. The minimum atomic E-state index is -0.231. The van der Waals surface area contributed by atoms with Crippen molar-refractivity contribution in [1.82, 2.24) is 10.3 Å². The van der Waals surface area contributed by atoms with Gasteiger partial charge in [-0.3, -0.25) is 4.79 Å². The van der Waals surface area contributed by atoms with E-state index in [-0.39, 0.29) is 12.5 Å². The fourth-order valence-corrected chi connectivity index (χ4v) is 1.78. The monoisotopic (exact) mass is 306 g/mol. The molecule has 0 saturated carbocycles. The predicted octanol–water partition coefficient (Wildman–Crippen LogP) is 2.44. The van der Waals surface area contributed by atoms with Crippen LogP contribution in [0.5, 0.6) is 11.6 Å². The van der Waals surface area contributed by atoms with E-state index in [1.807, 2.05) is 6.07 Å². The molecule has 0 aliphatic rings. The molecule has 2 rings (SSSR count). The minimum Gasteiger partial charge on any atom is -0.482 e. The molecule has 0 aliphatic heterocycles. The predicted molar refractivity (Wildman–Crippen MR) is 79.6 cm³/mol. The number of nitrogens with zero attached hydrogens (tertiary/aromatic N) is 1. The first-order valence-corrected chi connectivity index (χ1v) is 6.70. The van der Waals surface area contributed by atoms with Crippen LogP contribution in [0.4, 0.5) is 0 Å². The van der Waals surface area contributed by atoms with E-state index in [4.69, 9.17) is 21.1 Å².